The lowest BCUT2D eigenvalue weighted by Gasteiger charge is -1.66. The first-order chi connectivity index (χ1) is 3.91. The Kier molecular flexibility index (Phi) is 5.19. The van der Waals surface area contributed by atoms with Crippen molar-refractivity contribution in [1.82, 2.24) is 0 Å². The lowest BCUT2D eigenvalue weighted by atomic mass is 10.4. The molecule has 0 nitrogen and oxygen atoms in total. The first-order valence-corrected chi connectivity index (χ1v) is 2.39. The number of hydrogen-bond donors (Lipinski definition) is 0. The van der Waals surface area contributed by atoms with Gasteiger partial charge in [-0.1, -0.05) is 43.5 Å². The second-order valence-electron chi connectivity index (χ2n) is 1.16. The van der Waals surface area contributed by atoms with E-state index in [9.17, 15) is 0 Å². The summed E-state index contributed by atoms with van der Waals surface area (Å²) in [4.78, 5) is 0. The van der Waals surface area contributed by atoms with Crippen molar-refractivity contribution in [3.05, 3.63) is 49.6 Å². The molecule has 0 aromatic rings. The Morgan fingerprint density at radius 3 is 2.38 bits per heavy atom. The predicted octanol–water partition coefficient (Wildman–Crippen LogP) is 2.27. The zero-order chi connectivity index (χ0) is 6.24. The SMILES string of the molecule is C=CC=C/[C]=C/C=C. The topological polar surface area (TPSA) is 0 Å². The van der Waals surface area contributed by atoms with Gasteiger partial charge in [0.1, 0.15) is 0 Å². The first kappa shape index (κ1) is 6.96. The highest BCUT2D eigenvalue weighted by Gasteiger charge is 1.56. The van der Waals surface area contributed by atoms with Gasteiger partial charge in [0, 0.05) is 0 Å². The molecule has 0 atom stereocenters. The van der Waals surface area contributed by atoms with Crippen molar-refractivity contribution in [3.8, 4) is 0 Å². The summed E-state index contributed by atoms with van der Waals surface area (Å²) >= 11 is 0. The Hall–Kier alpha value is -1.04. The Morgan fingerprint density at radius 1 is 1.12 bits per heavy atom. The summed E-state index contributed by atoms with van der Waals surface area (Å²) in [6.45, 7) is 6.97. The lowest BCUT2D eigenvalue weighted by molar-refractivity contribution is 1.84. The summed E-state index contributed by atoms with van der Waals surface area (Å²) in [5.41, 5.74) is 0. The maximum Gasteiger partial charge on any atom is -0.0184 e. The van der Waals surface area contributed by atoms with Crippen molar-refractivity contribution in [2.75, 3.05) is 0 Å². The fraction of sp³-hybridized carbons (Fsp3) is 0. The molecule has 0 aliphatic carbocycles. The van der Waals surface area contributed by atoms with Crippen molar-refractivity contribution >= 4 is 0 Å². The molecule has 0 amide bonds. The first-order valence-electron chi connectivity index (χ1n) is 2.39. The molecule has 0 saturated carbocycles. The van der Waals surface area contributed by atoms with Crippen LogP contribution in [0.1, 0.15) is 0 Å². The highest BCUT2D eigenvalue weighted by atomic mass is 13.6. The minimum atomic E-state index is 1.67. The van der Waals surface area contributed by atoms with E-state index >= 15 is 0 Å². The van der Waals surface area contributed by atoms with Crippen LogP contribution in [0.25, 0.3) is 0 Å². The van der Waals surface area contributed by atoms with Crippen molar-refractivity contribution < 1.29 is 0 Å². The van der Waals surface area contributed by atoms with E-state index in [0.717, 1.165) is 0 Å². The van der Waals surface area contributed by atoms with Crippen LogP contribution in [0.4, 0.5) is 0 Å². The van der Waals surface area contributed by atoms with Crippen LogP contribution in [-0.2, 0) is 0 Å². The van der Waals surface area contributed by atoms with E-state index in [1.807, 2.05) is 0 Å². The van der Waals surface area contributed by atoms with Gasteiger partial charge in [-0.25, -0.2) is 0 Å². The van der Waals surface area contributed by atoms with Gasteiger partial charge in [0.15, 0.2) is 0 Å². The Labute approximate surface area is 50.5 Å². The molecule has 0 heteroatoms. The van der Waals surface area contributed by atoms with Gasteiger partial charge in [-0.15, -0.1) is 0 Å². The van der Waals surface area contributed by atoms with Crippen LogP contribution in [0.2, 0.25) is 0 Å². The molecule has 0 saturated heterocycles. The van der Waals surface area contributed by atoms with Crippen molar-refractivity contribution in [2.24, 2.45) is 0 Å². The zero-order valence-electron chi connectivity index (χ0n) is 4.80. The van der Waals surface area contributed by atoms with Crippen LogP contribution >= 0.6 is 0 Å². The third-order valence-electron chi connectivity index (χ3n) is 0.543. The van der Waals surface area contributed by atoms with Crippen molar-refractivity contribution in [1.29, 1.82) is 0 Å². The molecule has 0 heterocycles. The average molecular weight is 105 g/mol. The normalized spacial score (nSPS) is 10.5. The van der Waals surface area contributed by atoms with E-state index in [2.05, 4.69) is 19.2 Å². The van der Waals surface area contributed by atoms with Gasteiger partial charge in [0.25, 0.3) is 0 Å². The van der Waals surface area contributed by atoms with Gasteiger partial charge in [-0.3, -0.25) is 0 Å². The van der Waals surface area contributed by atoms with E-state index in [-0.39, 0.29) is 0 Å². The highest BCUT2D eigenvalue weighted by molar-refractivity contribution is 5.07. The summed E-state index contributed by atoms with van der Waals surface area (Å²) in [5, 5.41) is 0. The number of rotatable bonds is 3. The molecule has 0 aliphatic heterocycles. The van der Waals surface area contributed by atoms with Gasteiger partial charge >= 0.3 is 0 Å². The van der Waals surface area contributed by atoms with Crippen molar-refractivity contribution in [3.63, 3.8) is 0 Å². The van der Waals surface area contributed by atoms with Gasteiger partial charge < -0.3 is 0 Å². The van der Waals surface area contributed by atoms with Crippen LogP contribution in [0.15, 0.2) is 43.5 Å². The molecule has 0 rings (SSSR count). The average Bonchev–Trinajstić information content (AvgIpc) is 1.81. The van der Waals surface area contributed by atoms with E-state index in [1.54, 1.807) is 30.4 Å². The monoisotopic (exact) mass is 105 g/mol. The summed E-state index contributed by atoms with van der Waals surface area (Å²) in [6, 6.07) is 0. The minimum Gasteiger partial charge on any atom is -0.0991 e. The second kappa shape index (κ2) is 5.96. The summed E-state index contributed by atoms with van der Waals surface area (Å²) in [5.74, 6) is 0. The van der Waals surface area contributed by atoms with Gasteiger partial charge in [-0.05, 0) is 6.08 Å². The van der Waals surface area contributed by atoms with Crippen molar-refractivity contribution in [2.45, 2.75) is 0 Å². The molecule has 8 heavy (non-hydrogen) atoms. The highest BCUT2D eigenvalue weighted by Crippen LogP contribution is 1.75. The van der Waals surface area contributed by atoms with E-state index in [1.165, 1.54) is 0 Å². The van der Waals surface area contributed by atoms with Crippen LogP contribution in [0, 0.1) is 6.08 Å². The smallest absolute Gasteiger partial charge is 0.0184 e. The Morgan fingerprint density at radius 2 is 1.88 bits per heavy atom. The molecule has 0 aromatic heterocycles. The molecule has 0 unspecified atom stereocenters. The summed E-state index contributed by atoms with van der Waals surface area (Å²) in [6.07, 6.45) is 11.5. The minimum absolute atomic E-state index is 1.67. The Bertz CT molecular complexity index is 100. The standard InChI is InChI=1S/C8H9/c1-3-5-7-8-6-4-2/h3-7H,1-2H2. The molecule has 0 aromatic carbocycles. The Balaban J connectivity index is 3.41. The third-order valence-corrected chi connectivity index (χ3v) is 0.543. The fourth-order valence-electron chi connectivity index (χ4n) is 0.247. The lowest BCUT2D eigenvalue weighted by Crippen LogP contribution is -1.46. The quantitative estimate of drug-likeness (QED) is 0.483. The van der Waals surface area contributed by atoms with Gasteiger partial charge in [0.2, 0.25) is 0 Å². The zero-order valence-corrected chi connectivity index (χ0v) is 4.80. The summed E-state index contributed by atoms with van der Waals surface area (Å²) in [7, 11) is 0. The van der Waals surface area contributed by atoms with Crippen LogP contribution in [0.5, 0.6) is 0 Å². The predicted molar refractivity (Wildman–Crippen MR) is 37.3 cm³/mol. The molecule has 0 fully saturated rings. The van der Waals surface area contributed by atoms with E-state index in [4.69, 9.17) is 0 Å². The molecular weight excluding hydrogens is 96.1 g/mol. The molecular formula is C8H9. The van der Waals surface area contributed by atoms with Crippen LogP contribution in [-0.4, -0.2) is 0 Å². The number of hydrogen-bond acceptors (Lipinski definition) is 0. The molecule has 41 valence electrons. The van der Waals surface area contributed by atoms with E-state index < -0.39 is 0 Å². The van der Waals surface area contributed by atoms with E-state index in [0.29, 0.717) is 0 Å². The molecule has 0 bridgehead atoms. The van der Waals surface area contributed by atoms with Gasteiger partial charge in [-0.2, -0.15) is 0 Å². The van der Waals surface area contributed by atoms with Gasteiger partial charge in [0.05, 0.1) is 0 Å². The molecule has 1 radical (unpaired) electrons. The van der Waals surface area contributed by atoms with Crippen LogP contribution < -0.4 is 0 Å². The molecule has 0 aliphatic rings. The fourth-order valence-corrected chi connectivity index (χ4v) is 0.247. The largest absolute Gasteiger partial charge is 0.0991 e. The molecule has 0 N–H and O–H groups in total. The third kappa shape index (κ3) is 4.96. The van der Waals surface area contributed by atoms with Crippen LogP contribution in [0.3, 0.4) is 0 Å². The maximum absolute atomic E-state index is 3.49. The molecule has 0 spiro atoms. The summed E-state index contributed by atoms with van der Waals surface area (Å²) < 4.78 is 0. The number of allylic oxidation sites excluding steroid dienone is 6. The maximum atomic E-state index is 3.49. The second-order valence-corrected chi connectivity index (χ2v) is 1.16.